The molecule has 0 saturated carbocycles. The Morgan fingerprint density at radius 2 is 2.47 bits per heavy atom. The molecule has 0 aromatic carbocycles. The summed E-state index contributed by atoms with van der Waals surface area (Å²) >= 11 is 0. The minimum atomic E-state index is -0.285. The maximum Gasteiger partial charge on any atom is 0.320 e. The highest BCUT2D eigenvalue weighted by Crippen LogP contribution is 2.16. The molecule has 7 heteroatoms. The predicted molar refractivity (Wildman–Crippen MR) is 59.0 cm³/mol. The van der Waals surface area contributed by atoms with E-state index in [0.29, 0.717) is 13.1 Å². The van der Waals surface area contributed by atoms with Gasteiger partial charge in [0.2, 0.25) is 5.91 Å². The number of carbonyl (C=O) groups excluding carboxylic acids is 2. The average molecular weight is 237 g/mol. The summed E-state index contributed by atoms with van der Waals surface area (Å²) in [4.78, 5) is 26.7. The third-order valence-corrected chi connectivity index (χ3v) is 3.00. The number of fused-ring (bicyclic) bond motifs is 1. The lowest BCUT2D eigenvalue weighted by atomic mass is 10.2. The van der Waals surface area contributed by atoms with Gasteiger partial charge in [0.05, 0.1) is 12.1 Å². The third-order valence-electron chi connectivity index (χ3n) is 3.00. The van der Waals surface area contributed by atoms with E-state index < -0.39 is 0 Å². The summed E-state index contributed by atoms with van der Waals surface area (Å²) in [5.41, 5.74) is 0. The molecule has 2 fully saturated rings. The van der Waals surface area contributed by atoms with Crippen LogP contribution in [-0.2, 0) is 4.79 Å². The normalized spacial score (nSPS) is 23.2. The molecule has 0 aromatic heterocycles. The summed E-state index contributed by atoms with van der Waals surface area (Å²) in [5, 5.41) is 14.0. The van der Waals surface area contributed by atoms with Crippen LogP contribution in [0, 0.1) is 11.3 Å². The first-order valence-corrected chi connectivity index (χ1v) is 5.62. The Morgan fingerprint density at radius 1 is 1.65 bits per heavy atom. The van der Waals surface area contributed by atoms with Gasteiger partial charge in [-0.1, -0.05) is 0 Å². The topological polar surface area (TPSA) is 88.5 Å². The van der Waals surface area contributed by atoms with Gasteiger partial charge in [0, 0.05) is 26.2 Å². The van der Waals surface area contributed by atoms with Gasteiger partial charge in [-0.05, 0) is 0 Å². The molecule has 2 aliphatic rings. The van der Waals surface area contributed by atoms with E-state index in [4.69, 9.17) is 5.26 Å². The van der Waals surface area contributed by atoms with Crippen molar-refractivity contribution in [3.05, 3.63) is 0 Å². The van der Waals surface area contributed by atoms with E-state index in [1.54, 1.807) is 4.90 Å². The first-order chi connectivity index (χ1) is 8.22. The fourth-order valence-corrected chi connectivity index (χ4v) is 2.19. The fraction of sp³-hybridized carbons (Fsp3) is 0.700. The summed E-state index contributed by atoms with van der Waals surface area (Å²) in [5.74, 6) is -0.285. The zero-order valence-electron chi connectivity index (χ0n) is 9.48. The molecule has 0 bridgehead atoms. The van der Waals surface area contributed by atoms with E-state index in [9.17, 15) is 9.59 Å². The van der Waals surface area contributed by atoms with Crippen LogP contribution in [0.4, 0.5) is 4.79 Å². The molecule has 3 amide bonds. The Morgan fingerprint density at radius 3 is 3.18 bits per heavy atom. The second-order valence-corrected chi connectivity index (χ2v) is 4.15. The predicted octanol–water partition coefficient (Wildman–Crippen LogP) is -1.66. The molecule has 2 saturated heterocycles. The molecule has 92 valence electrons. The fourth-order valence-electron chi connectivity index (χ4n) is 2.19. The Hall–Kier alpha value is -1.81. The minimum Gasteiger partial charge on any atom is -0.341 e. The molecular weight excluding hydrogens is 222 g/mol. The van der Waals surface area contributed by atoms with Crippen LogP contribution >= 0.6 is 0 Å². The summed E-state index contributed by atoms with van der Waals surface area (Å²) in [6, 6.07) is 1.92. The van der Waals surface area contributed by atoms with E-state index in [0.717, 1.165) is 13.1 Å². The van der Waals surface area contributed by atoms with Crippen LogP contribution in [0.15, 0.2) is 0 Å². The molecule has 1 unspecified atom stereocenters. The zero-order chi connectivity index (χ0) is 12.3. The van der Waals surface area contributed by atoms with Gasteiger partial charge in [-0.2, -0.15) is 5.26 Å². The first kappa shape index (κ1) is 11.7. The van der Waals surface area contributed by atoms with Crippen molar-refractivity contribution in [3.63, 3.8) is 0 Å². The highest BCUT2D eigenvalue weighted by atomic mass is 16.2. The number of rotatable bonds is 3. The highest BCUT2D eigenvalue weighted by molar-refractivity contribution is 5.85. The van der Waals surface area contributed by atoms with Gasteiger partial charge in [-0.3, -0.25) is 4.79 Å². The monoisotopic (exact) mass is 237 g/mol. The number of urea groups is 1. The average Bonchev–Trinajstić information content (AvgIpc) is 2.64. The quantitative estimate of drug-likeness (QED) is 0.575. The van der Waals surface area contributed by atoms with Crippen LogP contribution in [0.5, 0.6) is 0 Å². The van der Waals surface area contributed by atoms with Crippen molar-refractivity contribution in [3.8, 4) is 6.07 Å². The van der Waals surface area contributed by atoms with E-state index in [2.05, 4.69) is 10.6 Å². The van der Waals surface area contributed by atoms with Crippen LogP contribution < -0.4 is 10.6 Å². The van der Waals surface area contributed by atoms with E-state index >= 15 is 0 Å². The number of nitrogens with one attached hydrogen (secondary N) is 2. The second-order valence-electron chi connectivity index (χ2n) is 4.15. The maximum atomic E-state index is 11.9. The highest BCUT2D eigenvalue weighted by Gasteiger charge is 2.38. The van der Waals surface area contributed by atoms with Gasteiger partial charge >= 0.3 is 6.03 Å². The minimum absolute atomic E-state index is 0.0183. The van der Waals surface area contributed by atoms with Crippen molar-refractivity contribution < 1.29 is 9.59 Å². The molecule has 2 N–H and O–H groups in total. The maximum absolute atomic E-state index is 11.9. The van der Waals surface area contributed by atoms with Crippen molar-refractivity contribution in [2.24, 2.45) is 0 Å². The van der Waals surface area contributed by atoms with Crippen molar-refractivity contribution in [2.75, 3.05) is 39.3 Å². The van der Waals surface area contributed by atoms with Gasteiger partial charge in [-0.25, -0.2) is 4.79 Å². The Labute approximate surface area is 99.3 Å². The summed E-state index contributed by atoms with van der Waals surface area (Å²) in [6.45, 7) is 2.87. The van der Waals surface area contributed by atoms with E-state index in [1.165, 1.54) is 4.90 Å². The lowest BCUT2D eigenvalue weighted by Crippen LogP contribution is -2.50. The molecule has 2 aliphatic heterocycles. The molecule has 17 heavy (non-hydrogen) atoms. The smallest absolute Gasteiger partial charge is 0.320 e. The molecule has 0 radical (unpaired) electrons. The number of nitrogens with zero attached hydrogens (tertiary/aromatic N) is 3. The van der Waals surface area contributed by atoms with Gasteiger partial charge in [0.1, 0.15) is 13.1 Å². The number of nitriles is 1. The summed E-state index contributed by atoms with van der Waals surface area (Å²) < 4.78 is 0. The first-order valence-electron chi connectivity index (χ1n) is 5.62. The summed E-state index contributed by atoms with van der Waals surface area (Å²) in [7, 11) is 0. The SMILES string of the molecule is N#CCNC(=O)CN1CC2CNCCN2C1=O. The summed E-state index contributed by atoms with van der Waals surface area (Å²) in [6.07, 6.45) is 0. The molecule has 0 aliphatic carbocycles. The van der Waals surface area contributed by atoms with Gasteiger partial charge in [-0.15, -0.1) is 0 Å². The molecule has 2 rings (SSSR count). The number of piperazine rings is 1. The van der Waals surface area contributed by atoms with Crippen molar-refractivity contribution in [2.45, 2.75) is 6.04 Å². The Bertz CT molecular complexity index is 364. The van der Waals surface area contributed by atoms with Crippen molar-refractivity contribution >= 4 is 11.9 Å². The van der Waals surface area contributed by atoms with Gasteiger partial charge < -0.3 is 20.4 Å². The van der Waals surface area contributed by atoms with Crippen LogP contribution in [0.25, 0.3) is 0 Å². The molecule has 1 atom stereocenters. The zero-order valence-corrected chi connectivity index (χ0v) is 9.48. The molecule has 0 aromatic rings. The molecule has 2 heterocycles. The molecule has 7 nitrogen and oxygen atoms in total. The van der Waals surface area contributed by atoms with Crippen LogP contribution in [-0.4, -0.2) is 67.0 Å². The van der Waals surface area contributed by atoms with Crippen LogP contribution in [0.1, 0.15) is 0 Å². The number of hydrogen-bond acceptors (Lipinski definition) is 4. The Kier molecular flexibility index (Phi) is 3.44. The lowest BCUT2D eigenvalue weighted by Gasteiger charge is -2.28. The number of carbonyl (C=O) groups is 2. The standard InChI is InChI=1S/C10H15N5O2/c11-1-2-13-9(16)7-14-6-8-5-12-3-4-15(8)10(14)17/h8,12H,2-7H2,(H,13,16). The van der Waals surface area contributed by atoms with Gasteiger partial charge in [0.15, 0.2) is 0 Å². The van der Waals surface area contributed by atoms with Gasteiger partial charge in [0.25, 0.3) is 0 Å². The third kappa shape index (κ3) is 2.47. The van der Waals surface area contributed by atoms with E-state index in [-0.39, 0.29) is 31.1 Å². The Balaban J connectivity index is 1.88. The number of hydrogen-bond donors (Lipinski definition) is 2. The molecule has 0 spiro atoms. The van der Waals surface area contributed by atoms with Crippen LogP contribution in [0.3, 0.4) is 0 Å². The van der Waals surface area contributed by atoms with Crippen molar-refractivity contribution in [1.29, 1.82) is 5.26 Å². The van der Waals surface area contributed by atoms with Crippen molar-refractivity contribution in [1.82, 2.24) is 20.4 Å². The number of amides is 3. The van der Waals surface area contributed by atoms with Crippen LogP contribution in [0.2, 0.25) is 0 Å². The lowest BCUT2D eigenvalue weighted by molar-refractivity contribution is -0.121. The largest absolute Gasteiger partial charge is 0.341 e. The molecular formula is C10H15N5O2. The second kappa shape index (κ2) is 5.01. The van der Waals surface area contributed by atoms with E-state index in [1.807, 2.05) is 6.07 Å².